The number of aryl methyl sites for hydroxylation is 1. The Labute approximate surface area is 119 Å². The van der Waals surface area contributed by atoms with Gasteiger partial charge in [-0.25, -0.2) is 9.97 Å². The molecule has 1 heterocycles. The summed E-state index contributed by atoms with van der Waals surface area (Å²) in [5.41, 5.74) is 2.31. The average molecular weight is 277 g/mol. The van der Waals surface area contributed by atoms with Gasteiger partial charge in [-0.15, -0.1) is 0 Å². The summed E-state index contributed by atoms with van der Waals surface area (Å²) < 4.78 is 0. The molecule has 0 amide bonds. The average Bonchev–Trinajstić information content (AvgIpc) is 2.68. The van der Waals surface area contributed by atoms with E-state index in [0.29, 0.717) is 13.0 Å². The highest BCUT2D eigenvalue weighted by Crippen LogP contribution is 2.24. The molecule has 1 aromatic rings. The molecule has 0 saturated carbocycles. The summed E-state index contributed by atoms with van der Waals surface area (Å²) >= 11 is 0. The molecule has 1 aromatic heterocycles. The number of aliphatic carboxylic acids is 1. The Morgan fingerprint density at radius 1 is 1.35 bits per heavy atom. The van der Waals surface area contributed by atoms with Gasteiger partial charge >= 0.3 is 5.97 Å². The molecule has 5 heteroatoms. The van der Waals surface area contributed by atoms with Crippen molar-refractivity contribution in [2.75, 3.05) is 11.9 Å². The van der Waals surface area contributed by atoms with Crippen LogP contribution in [0.4, 0.5) is 5.82 Å². The van der Waals surface area contributed by atoms with Crippen LogP contribution in [0.25, 0.3) is 0 Å². The first-order valence-electron chi connectivity index (χ1n) is 7.51. The van der Waals surface area contributed by atoms with E-state index in [9.17, 15) is 9.90 Å². The van der Waals surface area contributed by atoms with Crippen LogP contribution in [0.3, 0.4) is 0 Å². The second-order valence-corrected chi connectivity index (χ2v) is 5.41. The smallest absolute Gasteiger partial charge is 0.308 e. The van der Waals surface area contributed by atoms with Gasteiger partial charge < -0.3 is 10.4 Å². The van der Waals surface area contributed by atoms with Crippen LogP contribution in [-0.2, 0) is 17.6 Å². The van der Waals surface area contributed by atoms with E-state index in [0.717, 1.165) is 37.2 Å². The van der Waals surface area contributed by atoms with Gasteiger partial charge in [0, 0.05) is 17.8 Å². The first-order valence-corrected chi connectivity index (χ1v) is 7.51. The van der Waals surface area contributed by atoms with Gasteiger partial charge in [-0.05, 0) is 32.1 Å². The van der Waals surface area contributed by atoms with Gasteiger partial charge in [0.25, 0.3) is 0 Å². The number of fused-ring (bicyclic) bond motifs is 1. The van der Waals surface area contributed by atoms with E-state index >= 15 is 0 Å². The van der Waals surface area contributed by atoms with Crippen molar-refractivity contribution >= 4 is 11.8 Å². The largest absolute Gasteiger partial charge is 0.481 e. The number of nitrogens with one attached hydrogen (secondary N) is 1. The van der Waals surface area contributed by atoms with Crippen molar-refractivity contribution < 1.29 is 9.90 Å². The number of carboxylic acids is 1. The summed E-state index contributed by atoms with van der Waals surface area (Å²) in [4.78, 5) is 19.9. The molecule has 20 heavy (non-hydrogen) atoms. The van der Waals surface area contributed by atoms with Gasteiger partial charge in [0.15, 0.2) is 0 Å². The fourth-order valence-electron chi connectivity index (χ4n) is 2.73. The third kappa shape index (κ3) is 3.68. The standard InChI is InChI=1S/C15H23N3O2/c1-2-6-11(15(19)20)9-16-14-12-7-4-3-5-8-13(12)17-10-18-14/h10-11H,2-9H2,1H3,(H,19,20)(H,16,17,18). The maximum Gasteiger partial charge on any atom is 0.308 e. The number of aromatic nitrogens is 2. The van der Waals surface area contributed by atoms with E-state index in [2.05, 4.69) is 15.3 Å². The van der Waals surface area contributed by atoms with Crippen LogP contribution in [0, 0.1) is 5.92 Å². The normalized spacial score (nSPS) is 16.1. The summed E-state index contributed by atoms with van der Waals surface area (Å²) in [5.74, 6) is -0.254. The predicted octanol–water partition coefficient (Wildman–Crippen LogP) is 2.66. The van der Waals surface area contributed by atoms with Crippen molar-refractivity contribution in [3.8, 4) is 0 Å². The van der Waals surface area contributed by atoms with Crippen LogP contribution >= 0.6 is 0 Å². The second-order valence-electron chi connectivity index (χ2n) is 5.41. The van der Waals surface area contributed by atoms with E-state index in [1.807, 2.05) is 6.92 Å². The van der Waals surface area contributed by atoms with E-state index in [1.54, 1.807) is 6.33 Å². The zero-order chi connectivity index (χ0) is 14.4. The summed E-state index contributed by atoms with van der Waals surface area (Å²) in [7, 11) is 0. The van der Waals surface area contributed by atoms with Gasteiger partial charge in [-0.1, -0.05) is 19.8 Å². The fourth-order valence-corrected chi connectivity index (χ4v) is 2.73. The Morgan fingerprint density at radius 2 is 2.15 bits per heavy atom. The minimum Gasteiger partial charge on any atom is -0.481 e. The monoisotopic (exact) mass is 277 g/mol. The topological polar surface area (TPSA) is 75.1 Å². The molecule has 2 rings (SSSR count). The molecule has 0 saturated heterocycles. The van der Waals surface area contributed by atoms with Crippen LogP contribution in [0.1, 0.15) is 50.3 Å². The molecule has 2 N–H and O–H groups in total. The molecule has 1 aliphatic carbocycles. The summed E-state index contributed by atoms with van der Waals surface area (Å²) in [5, 5.41) is 12.4. The Hall–Kier alpha value is -1.65. The number of carbonyl (C=O) groups is 1. The summed E-state index contributed by atoms with van der Waals surface area (Å²) in [6.45, 7) is 2.44. The summed E-state index contributed by atoms with van der Waals surface area (Å²) in [6.07, 6.45) is 8.71. The quantitative estimate of drug-likeness (QED) is 0.782. The zero-order valence-corrected chi connectivity index (χ0v) is 12.1. The molecule has 0 aliphatic heterocycles. The first-order chi connectivity index (χ1) is 9.72. The Kier molecular flexibility index (Phi) is 5.32. The van der Waals surface area contributed by atoms with Crippen molar-refractivity contribution in [2.24, 2.45) is 5.92 Å². The fraction of sp³-hybridized carbons (Fsp3) is 0.667. The van der Waals surface area contributed by atoms with Crippen molar-refractivity contribution in [3.63, 3.8) is 0 Å². The summed E-state index contributed by atoms with van der Waals surface area (Å²) in [6, 6.07) is 0. The van der Waals surface area contributed by atoms with Crippen molar-refractivity contribution in [1.29, 1.82) is 0 Å². The Bertz CT molecular complexity index is 462. The van der Waals surface area contributed by atoms with E-state index in [4.69, 9.17) is 0 Å². The minimum atomic E-state index is -0.737. The third-order valence-electron chi connectivity index (χ3n) is 3.88. The molecule has 1 atom stereocenters. The molecule has 1 unspecified atom stereocenters. The third-order valence-corrected chi connectivity index (χ3v) is 3.88. The molecule has 0 radical (unpaired) electrons. The van der Waals surface area contributed by atoms with Crippen LogP contribution in [0.15, 0.2) is 6.33 Å². The van der Waals surface area contributed by atoms with E-state index < -0.39 is 5.97 Å². The Balaban J connectivity index is 2.07. The van der Waals surface area contributed by atoms with Crippen molar-refractivity contribution in [3.05, 3.63) is 17.6 Å². The van der Waals surface area contributed by atoms with Crippen LogP contribution in [0.5, 0.6) is 0 Å². The number of hydrogen-bond donors (Lipinski definition) is 2. The number of nitrogens with zero attached hydrogens (tertiary/aromatic N) is 2. The highest BCUT2D eigenvalue weighted by atomic mass is 16.4. The highest BCUT2D eigenvalue weighted by molar-refractivity contribution is 5.70. The lowest BCUT2D eigenvalue weighted by Gasteiger charge is -2.16. The predicted molar refractivity (Wildman–Crippen MR) is 77.8 cm³/mol. The minimum absolute atomic E-state index is 0.351. The lowest BCUT2D eigenvalue weighted by molar-refractivity contribution is -0.141. The van der Waals surface area contributed by atoms with E-state index in [1.165, 1.54) is 18.4 Å². The molecule has 0 bridgehead atoms. The second kappa shape index (κ2) is 7.22. The zero-order valence-electron chi connectivity index (χ0n) is 12.1. The molecule has 0 aromatic carbocycles. The molecule has 0 spiro atoms. The first kappa shape index (κ1) is 14.8. The number of carboxylic acid groups (broad SMARTS) is 1. The van der Waals surface area contributed by atoms with Gasteiger partial charge in [-0.2, -0.15) is 0 Å². The van der Waals surface area contributed by atoms with Gasteiger partial charge in [0.05, 0.1) is 5.92 Å². The number of hydrogen-bond acceptors (Lipinski definition) is 4. The molecule has 1 aliphatic rings. The van der Waals surface area contributed by atoms with Crippen molar-refractivity contribution in [2.45, 2.75) is 51.9 Å². The molecular weight excluding hydrogens is 254 g/mol. The lowest BCUT2D eigenvalue weighted by atomic mass is 10.0. The molecule has 110 valence electrons. The van der Waals surface area contributed by atoms with Gasteiger partial charge in [0.1, 0.15) is 12.1 Å². The van der Waals surface area contributed by atoms with E-state index in [-0.39, 0.29) is 5.92 Å². The van der Waals surface area contributed by atoms with Crippen LogP contribution < -0.4 is 5.32 Å². The van der Waals surface area contributed by atoms with Crippen molar-refractivity contribution in [1.82, 2.24) is 9.97 Å². The SMILES string of the molecule is CCCC(CNc1ncnc2c1CCCCC2)C(=O)O. The van der Waals surface area contributed by atoms with Crippen LogP contribution in [0.2, 0.25) is 0 Å². The molecule has 0 fully saturated rings. The Morgan fingerprint density at radius 3 is 2.90 bits per heavy atom. The molecular formula is C15H23N3O2. The number of anilines is 1. The maximum atomic E-state index is 11.2. The maximum absolute atomic E-state index is 11.2. The number of rotatable bonds is 6. The lowest BCUT2D eigenvalue weighted by Crippen LogP contribution is -2.23. The highest BCUT2D eigenvalue weighted by Gasteiger charge is 2.18. The molecule has 5 nitrogen and oxygen atoms in total. The van der Waals surface area contributed by atoms with Crippen LogP contribution in [-0.4, -0.2) is 27.6 Å². The van der Waals surface area contributed by atoms with Gasteiger partial charge in [0.2, 0.25) is 0 Å². The van der Waals surface area contributed by atoms with Gasteiger partial charge in [-0.3, -0.25) is 4.79 Å².